The van der Waals surface area contributed by atoms with E-state index < -0.39 is 0 Å². The van der Waals surface area contributed by atoms with Crippen molar-refractivity contribution < 1.29 is 9.52 Å². The van der Waals surface area contributed by atoms with Crippen LogP contribution in [0.2, 0.25) is 5.15 Å². The van der Waals surface area contributed by atoms with E-state index >= 15 is 0 Å². The van der Waals surface area contributed by atoms with Crippen molar-refractivity contribution in [3.63, 3.8) is 0 Å². The summed E-state index contributed by atoms with van der Waals surface area (Å²) in [5.41, 5.74) is 0.963. The van der Waals surface area contributed by atoms with Crippen molar-refractivity contribution in [3.05, 3.63) is 41.1 Å². The average Bonchev–Trinajstić information content (AvgIpc) is 2.92. The summed E-state index contributed by atoms with van der Waals surface area (Å²) in [5.74, 6) is 3.03. The van der Waals surface area contributed by atoms with Crippen LogP contribution in [-0.2, 0) is 4.79 Å². The van der Waals surface area contributed by atoms with Gasteiger partial charge in [-0.15, -0.1) is 6.42 Å². The molecule has 2 aromatic rings. The van der Waals surface area contributed by atoms with Crippen LogP contribution in [0.4, 0.5) is 5.69 Å². The number of aromatic nitrogens is 3. The van der Waals surface area contributed by atoms with E-state index in [0.29, 0.717) is 28.3 Å². The zero-order valence-corrected chi connectivity index (χ0v) is 14.0. The SMILES string of the molecule is C#CCN(C(=O)CCSC)c1cn(-c2ccc[n+]([O-])c2)nc1Cl. The molecule has 2 heterocycles. The molecule has 8 heteroatoms. The molecule has 0 radical (unpaired) electrons. The molecule has 0 saturated carbocycles. The van der Waals surface area contributed by atoms with Crippen LogP contribution in [0, 0.1) is 17.6 Å². The van der Waals surface area contributed by atoms with Gasteiger partial charge in [-0.25, -0.2) is 4.68 Å². The minimum Gasteiger partial charge on any atom is -0.619 e. The zero-order chi connectivity index (χ0) is 16.8. The lowest BCUT2D eigenvalue weighted by atomic mass is 10.3. The minimum atomic E-state index is -0.120. The third-order valence-electron chi connectivity index (χ3n) is 3.04. The third-order valence-corrected chi connectivity index (χ3v) is 3.92. The van der Waals surface area contributed by atoms with Crippen LogP contribution in [0.1, 0.15) is 6.42 Å². The van der Waals surface area contributed by atoms with E-state index in [4.69, 9.17) is 18.0 Å². The van der Waals surface area contributed by atoms with Crippen LogP contribution < -0.4 is 9.63 Å². The first-order valence-electron chi connectivity index (χ1n) is 6.74. The Morgan fingerprint density at radius 3 is 3.09 bits per heavy atom. The van der Waals surface area contributed by atoms with Crippen molar-refractivity contribution in [1.82, 2.24) is 9.78 Å². The highest BCUT2D eigenvalue weighted by Crippen LogP contribution is 2.26. The predicted molar refractivity (Wildman–Crippen MR) is 91.7 cm³/mol. The minimum absolute atomic E-state index is 0.106. The standard InChI is InChI=1S/C15H15ClN4O2S/c1-3-7-19(14(21)6-9-23-2)13-11-20(17-15(13)16)12-5-4-8-18(22)10-12/h1,4-5,8,10-11H,6-7,9H2,2H3. The lowest BCUT2D eigenvalue weighted by molar-refractivity contribution is -0.605. The molecule has 1 amide bonds. The Morgan fingerprint density at radius 2 is 2.43 bits per heavy atom. The summed E-state index contributed by atoms with van der Waals surface area (Å²) in [7, 11) is 0. The smallest absolute Gasteiger partial charge is 0.228 e. The second-order valence-electron chi connectivity index (χ2n) is 4.60. The van der Waals surface area contributed by atoms with Gasteiger partial charge in [0.05, 0.1) is 12.7 Å². The van der Waals surface area contributed by atoms with Gasteiger partial charge in [0.2, 0.25) is 12.1 Å². The number of hydrogen-bond acceptors (Lipinski definition) is 4. The Hall–Kier alpha value is -2.17. The summed E-state index contributed by atoms with van der Waals surface area (Å²) in [6, 6.07) is 3.31. The number of nitrogens with zero attached hydrogens (tertiary/aromatic N) is 4. The highest BCUT2D eigenvalue weighted by Gasteiger charge is 2.21. The lowest BCUT2D eigenvalue weighted by Gasteiger charge is -2.18. The molecule has 0 N–H and O–H groups in total. The number of anilines is 1. The average molecular weight is 351 g/mol. The number of amides is 1. The number of rotatable bonds is 6. The zero-order valence-electron chi connectivity index (χ0n) is 12.5. The van der Waals surface area contributed by atoms with E-state index in [1.807, 2.05) is 6.26 Å². The molecule has 0 aromatic carbocycles. The van der Waals surface area contributed by atoms with Gasteiger partial charge in [0.15, 0.2) is 11.3 Å². The van der Waals surface area contributed by atoms with Gasteiger partial charge in [0.25, 0.3) is 0 Å². The molecule has 0 saturated heterocycles. The number of terminal acetylenes is 1. The Bertz CT molecular complexity index is 741. The highest BCUT2D eigenvalue weighted by atomic mass is 35.5. The number of hydrogen-bond donors (Lipinski definition) is 0. The third kappa shape index (κ3) is 4.18. The van der Waals surface area contributed by atoms with Crippen LogP contribution in [0.25, 0.3) is 5.69 Å². The Balaban J connectivity index is 2.34. The molecular formula is C15H15ClN4O2S. The van der Waals surface area contributed by atoms with Crippen molar-refractivity contribution in [2.24, 2.45) is 0 Å². The highest BCUT2D eigenvalue weighted by molar-refractivity contribution is 7.98. The normalized spacial score (nSPS) is 10.3. The van der Waals surface area contributed by atoms with Crippen molar-refractivity contribution in [1.29, 1.82) is 0 Å². The molecule has 120 valence electrons. The molecule has 0 aliphatic carbocycles. The number of pyridine rings is 1. The summed E-state index contributed by atoms with van der Waals surface area (Å²) in [4.78, 5) is 13.7. The molecule has 0 spiro atoms. The molecule has 2 rings (SSSR count). The number of thioether (sulfide) groups is 1. The molecule has 6 nitrogen and oxygen atoms in total. The maximum atomic E-state index is 12.3. The van der Waals surface area contributed by atoms with Crippen molar-refractivity contribution in [2.75, 3.05) is 23.5 Å². The summed E-state index contributed by atoms with van der Waals surface area (Å²) >= 11 is 7.74. The molecule has 0 aliphatic rings. The Morgan fingerprint density at radius 1 is 1.65 bits per heavy atom. The largest absolute Gasteiger partial charge is 0.619 e. The van der Waals surface area contributed by atoms with E-state index in [1.165, 1.54) is 22.0 Å². The molecular weight excluding hydrogens is 336 g/mol. The van der Waals surface area contributed by atoms with Gasteiger partial charge in [-0.2, -0.15) is 21.6 Å². The molecule has 2 aromatic heterocycles. The molecule has 0 aliphatic heterocycles. The molecule has 23 heavy (non-hydrogen) atoms. The van der Waals surface area contributed by atoms with Gasteiger partial charge in [-0.05, 0) is 12.3 Å². The number of halogens is 1. The Labute approximate surface area is 143 Å². The summed E-state index contributed by atoms with van der Waals surface area (Å²) in [6.45, 7) is 0.106. The van der Waals surface area contributed by atoms with E-state index in [0.717, 1.165) is 0 Å². The number of carbonyl (C=O) groups is 1. The molecule has 0 fully saturated rings. The van der Waals surface area contributed by atoms with Gasteiger partial charge in [0.1, 0.15) is 11.4 Å². The quantitative estimate of drug-likeness (QED) is 0.453. The Kier molecular flexibility index (Phi) is 5.90. The monoisotopic (exact) mass is 350 g/mol. The summed E-state index contributed by atoms with van der Waals surface area (Å²) in [5, 5.41) is 15.7. The first-order chi connectivity index (χ1) is 11.1. The van der Waals surface area contributed by atoms with Crippen molar-refractivity contribution >= 4 is 35.0 Å². The van der Waals surface area contributed by atoms with Gasteiger partial charge < -0.3 is 5.21 Å². The lowest BCUT2D eigenvalue weighted by Crippen LogP contribution is -2.31. The maximum Gasteiger partial charge on any atom is 0.228 e. The second kappa shape index (κ2) is 7.90. The molecule has 0 bridgehead atoms. The van der Waals surface area contributed by atoms with E-state index in [1.54, 1.807) is 30.1 Å². The van der Waals surface area contributed by atoms with Gasteiger partial charge >= 0.3 is 0 Å². The van der Waals surface area contributed by atoms with Crippen LogP contribution in [0.3, 0.4) is 0 Å². The maximum absolute atomic E-state index is 12.3. The van der Waals surface area contributed by atoms with Crippen molar-refractivity contribution in [2.45, 2.75) is 6.42 Å². The van der Waals surface area contributed by atoms with Crippen LogP contribution >= 0.6 is 23.4 Å². The topological polar surface area (TPSA) is 65.1 Å². The molecule has 0 unspecified atom stereocenters. The second-order valence-corrected chi connectivity index (χ2v) is 5.94. The van der Waals surface area contributed by atoms with Crippen LogP contribution in [0.15, 0.2) is 30.7 Å². The van der Waals surface area contributed by atoms with E-state index in [-0.39, 0.29) is 17.6 Å². The van der Waals surface area contributed by atoms with Gasteiger partial charge in [-0.3, -0.25) is 9.69 Å². The fraction of sp³-hybridized carbons (Fsp3) is 0.267. The van der Waals surface area contributed by atoms with E-state index in [2.05, 4.69) is 11.0 Å². The van der Waals surface area contributed by atoms with Crippen LogP contribution in [0.5, 0.6) is 0 Å². The number of carbonyl (C=O) groups excluding carboxylic acids is 1. The fourth-order valence-electron chi connectivity index (χ4n) is 1.96. The summed E-state index contributed by atoms with van der Waals surface area (Å²) in [6.07, 6.45) is 12.0. The predicted octanol–water partition coefficient (Wildman–Crippen LogP) is 1.88. The fourth-order valence-corrected chi connectivity index (χ4v) is 2.57. The molecule has 0 atom stereocenters. The van der Waals surface area contributed by atoms with E-state index in [9.17, 15) is 10.0 Å². The summed E-state index contributed by atoms with van der Waals surface area (Å²) < 4.78 is 2.10. The van der Waals surface area contributed by atoms with Gasteiger partial charge in [0, 0.05) is 18.2 Å². The van der Waals surface area contributed by atoms with Crippen LogP contribution in [-0.4, -0.2) is 34.2 Å². The van der Waals surface area contributed by atoms with Crippen molar-refractivity contribution in [3.8, 4) is 18.0 Å². The first kappa shape index (κ1) is 17.2. The first-order valence-corrected chi connectivity index (χ1v) is 8.51. The van der Waals surface area contributed by atoms with Gasteiger partial charge in [-0.1, -0.05) is 17.5 Å².